The van der Waals surface area contributed by atoms with E-state index in [2.05, 4.69) is 22.5 Å². The summed E-state index contributed by atoms with van der Waals surface area (Å²) in [4.78, 5) is 18.5. The first-order chi connectivity index (χ1) is 12.1. The average Bonchev–Trinajstić information content (AvgIpc) is 3.07. The molecule has 2 rings (SSSR count). The molecule has 7 heteroatoms. The van der Waals surface area contributed by atoms with Gasteiger partial charge >= 0.3 is 0 Å². The summed E-state index contributed by atoms with van der Waals surface area (Å²) in [6, 6.07) is 10.0. The number of ether oxygens (including phenoxy) is 1. The Morgan fingerprint density at radius 1 is 1.31 bits per heavy atom. The number of nitrogens with one attached hydrogen (secondary N) is 2. The van der Waals surface area contributed by atoms with Gasteiger partial charge in [0.25, 0.3) is 0 Å². The highest BCUT2D eigenvalue weighted by molar-refractivity contribution is 14.0. The number of hydrogen-bond donors (Lipinski definition) is 2. The van der Waals surface area contributed by atoms with Crippen LogP contribution in [0, 0.1) is 0 Å². The van der Waals surface area contributed by atoms with E-state index < -0.39 is 0 Å². The van der Waals surface area contributed by atoms with Gasteiger partial charge in [0.2, 0.25) is 5.91 Å². The molecule has 0 aromatic heterocycles. The second-order valence-electron chi connectivity index (χ2n) is 6.57. The van der Waals surface area contributed by atoms with E-state index in [9.17, 15) is 4.79 Å². The Morgan fingerprint density at radius 2 is 2.04 bits per heavy atom. The van der Waals surface area contributed by atoms with Crippen molar-refractivity contribution in [1.82, 2.24) is 15.5 Å². The predicted molar refractivity (Wildman–Crippen MR) is 116 cm³/mol. The van der Waals surface area contributed by atoms with Crippen LogP contribution in [0.3, 0.4) is 0 Å². The fourth-order valence-corrected chi connectivity index (χ4v) is 2.92. The van der Waals surface area contributed by atoms with Gasteiger partial charge in [0.1, 0.15) is 0 Å². The smallest absolute Gasteiger partial charge is 0.242 e. The van der Waals surface area contributed by atoms with E-state index in [0.717, 1.165) is 25.0 Å². The minimum absolute atomic E-state index is 0. The van der Waals surface area contributed by atoms with E-state index in [1.165, 1.54) is 0 Å². The first-order valence-corrected chi connectivity index (χ1v) is 8.96. The van der Waals surface area contributed by atoms with Crippen LogP contribution < -0.4 is 10.6 Å². The number of halogens is 1. The summed E-state index contributed by atoms with van der Waals surface area (Å²) < 4.78 is 5.76. The van der Waals surface area contributed by atoms with Gasteiger partial charge in [-0.15, -0.1) is 24.0 Å². The van der Waals surface area contributed by atoms with Crippen LogP contribution in [0.5, 0.6) is 0 Å². The summed E-state index contributed by atoms with van der Waals surface area (Å²) in [5.41, 5.74) is 0.983. The van der Waals surface area contributed by atoms with Crippen LogP contribution in [-0.4, -0.2) is 55.7 Å². The van der Waals surface area contributed by atoms with Gasteiger partial charge in [0.05, 0.1) is 12.1 Å². The van der Waals surface area contributed by atoms with E-state index >= 15 is 0 Å². The number of aliphatic imine (C=N–C) groups is 1. The lowest BCUT2D eigenvalue weighted by atomic mass is 10.0. The van der Waals surface area contributed by atoms with Gasteiger partial charge in [-0.3, -0.25) is 9.79 Å². The zero-order chi connectivity index (χ0) is 18.1. The fourth-order valence-electron chi connectivity index (χ4n) is 2.92. The second-order valence-corrected chi connectivity index (χ2v) is 6.57. The molecule has 6 nitrogen and oxygen atoms in total. The summed E-state index contributed by atoms with van der Waals surface area (Å²) in [6.45, 7) is 7.10. The first kappa shape index (κ1) is 22.7. The Kier molecular flexibility index (Phi) is 9.93. The fraction of sp³-hybridized carbons (Fsp3) is 0.579. The zero-order valence-electron chi connectivity index (χ0n) is 16.0. The standard InChI is InChI=1S/C19H30N4O2.HI/c1-4-23(14-16-9-6-5-7-10-16)17(24)13-21-18(20-3)22-15-19(2)11-8-12-25-19;/h5-7,9-10H,4,8,11-15H2,1-3H3,(H2,20,21,22);1H. The topological polar surface area (TPSA) is 66.0 Å². The lowest BCUT2D eigenvalue weighted by molar-refractivity contribution is -0.130. The van der Waals surface area contributed by atoms with Gasteiger partial charge in [0.15, 0.2) is 5.96 Å². The van der Waals surface area contributed by atoms with Crippen LogP contribution in [0.2, 0.25) is 0 Å². The molecular formula is C19H31IN4O2. The molecule has 1 aliphatic heterocycles. The number of hydrogen-bond acceptors (Lipinski definition) is 3. The minimum Gasteiger partial charge on any atom is -0.373 e. The molecular weight excluding hydrogens is 443 g/mol. The lowest BCUT2D eigenvalue weighted by Crippen LogP contribution is -2.48. The lowest BCUT2D eigenvalue weighted by Gasteiger charge is -2.25. The van der Waals surface area contributed by atoms with Crippen molar-refractivity contribution >= 4 is 35.8 Å². The summed E-state index contributed by atoms with van der Waals surface area (Å²) in [7, 11) is 1.71. The Morgan fingerprint density at radius 3 is 2.62 bits per heavy atom. The molecule has 0 bridgehead atoms. The molecule has 1 amide bonds. The van der Waals surface area contributed by atoms with Crippen LogP contribution in [-0.2, 0) is 16.1 Å². The normalized spacial score (nSPS) is 19.6. The van der Waals surface area contributed by atoms with E-state index in [1.807, 2.05) is 42.2 Å². The molecule has 1 fully saturated rings. The Hall–Kier alpha value is -1.35. The molecule has 0 radical (unpaired) electrons. The number of rotatable bonds is 7. The molecule has 1 atom stereocenters. The average molecular weight is 474 g/mol. The summed E-state index contributed by atoms with van der Waals surface area (Å²) in [5.74, 6) is 0.679. The molecule has 26 heavy (non-hydrogen) atoms. The molecule has 0 aliphatic carbocycles. The molecule has 1 aliphatic rings. The van der Waals surface area contributed by atoms with E-state index in [1.54, 1.807) is 7.05 Å². The van der Waals surface area contributed by atoms with E-state index in [4.69, 9.17) is 4.74 Å². The molecule has 1 heterocycles. The van der Waals surface area contributed by atoms with Crippen LogP contribution in [0.15, 0.2) is 35.3 Å². The van der Waals surface area contributed by atoms with Crippen molar-refractivity contribution in [3.8, 4) is 0 Å². The zero-order valence-corrected chi connectivity index (χ0v) is 18.3. The maximum Gasteiger partial charge on any atom is 0.242 e. The molecule has 1 unspecified atom stereocenters. The summed E-state index contributed by atoms with van der Waals surface area (Å²) >= 11 is 0. The van der Waals surface area contributed by atoms with Crippen molar-refractivity contribution in [1.29, 1.82) is 0 Å². The van der Waals surface area contributed by atoms with Crippen molar-refractivity contribution in [2.45, 2.75) is 38.8 Å². The van der Waals surface area contributed by atoms with Crippen LogP contribution in [0.1, 0.15) is 32.3 Å². The van der Waals surface area contributed by atoms with Gasteiger partial charge in [-0.05, 0) is 32.3 Å². The Balaban J connectivity index is 0.00000338. The van der Waals surface area contributed by atoms with Gasteiger partial charge < -0.3 is 20.3 Å². The van der Waals surface area contributed by atoms with Gasteiger partial charge in [-0.25, -0.2) is 0 Å². The highest BCUT2D eigenvalue weighted by Crippen LogP contribution is 2.23. The monoisotopic (exact) mass is 474 g/mol. The number of nitrogens with zero attached hydrogens (tertiary/aromatic N) is 2. The maximum atomic E-state index is 12.5. The number of amides is 1. The van der Waals surface area contributed by atoms with Crippen LogP contribution >= 0.6 is 24.0 Å². The minimum atomic E-state index is -0.148. The van der Waals surface area contributed by atoms with Crippen molar-refractivity contribution < 1.29 is 9.53 Å². The third kappa shape index (κ3) is 7.11. The number of benzene rings is 1. The molecule has 0 saturated carbocycles. The number of carbonyl (C=O) groups excluding carboxylic acids is 1. The third-order valence-electron chi connectivity index (χ3n) is 4.51. The van der Waals surface area contributed by atoms with Crippen molar-refractivity contribution in [2.24, 2.45) is 4.99 Å². The van der Waals surface area contributed by atoms with Crippen LogP contribution in [0.4, 0.5) is 0 Å². The van der Waals surface area contributed by atoms with Crippen molar-refractivity contribution in [3.63, 3.8) is 0 Å². The van der Waals surface area contributed by atoms with Gasteiger partial charge in [-0.2, -0.15) is 0 Å². The number of carbonyl (C=O) groups is 1. The van der Waals surface area contributed by atoms with Crippen LogP contribution in [0.25, 0.3) is 0 Å². The number of guanidine groups is 1. The Labute approximate surface area is 173 Å². The van der Waals surface area contributed by atoms with E-state index in [0.29, 0.717) is 25.6 Å². The SMILES string of the molecule is CCN(Cc1ccccc1)C(=O)CNC(=NC)NCC1(C)CCCO1.I. The number of likely N-dealkylation sites (N-methyl/N-ethyl adjacent to an activating group) is 1. The molecule has 1 aromatic rings. The predicted octanol–water partition coefficient (Wildman–Crippen LogP) is 2.39. The third-order valence-corrected chi connectivity index (χ3v) is 4.51. The van der Waals surface area contributed by atoms with Crippen molar-refractivity contribution in [2.75, 3.05) is 33.3 Å². The largest absolute Gasteiger partial charge is 0.373 e. The maximum absolute atomic E-state index is 12.5. The first-order valence-electron chi connectivity index (χ1n) is 8.96. The molecule has 1 aromatic carbocycles. The van der Waals surface area contributed by atoms with E-state index in [-0.39, 0.29) is 42.0 Å². The highest BCUT2D eigenvalue weighted by Gasteiger charge is 2.29. The summed E-state index contributed by atoms with van der Waals surface area (Å²) in [6.07, 6.45) is 2.13. The summed E-state index contributed by atoms with van der Waals surface area (Å²) in [5, 5.41) is 6.36. The van der Waals surface area contributed by atoms with Gasteiger partial charge in [0, 0.05) is 33.3 Å². The highest BCUT2D eigenvalue weighted by atomic mass is 127. The van der Waals surface area contributed by atoms with Crippen molar-refractivity contribution in [3.05, 3.63) is 35.9 Å². The second kappa shape index (κ2) is 11.4. The molecule has 0 spiro atoms. The quantitative estimate of drug-likeness (QED) is 0.362. The molecule has 146 valence electrons. The molecule has 1 saturated heterocycles. The Bertz CT molecular complexity index is 574. The van der Waals surface area contributed by atoms with Gasteiger partial charge in [-0.1, -0.05) is 30.3 Å². The molecule has 2 N–H and O–H groups in total.